The highest BCUT2D eigenvalue weighted by Gasteiger charge is 2.50. The summed E-state index contributed by atoms with van der Waals surface area (Å²) in [7, 11) is 0. The number of quaternary nitrogens is 4. The number of alkyl halides is 2. The fourth-order valence-corrected chi connectivity index (χ4v) is 0.788. The van der Waals surface area contributed by atoms with E-state index in [4.69, 9.17) is 20.8 Å². The maximum Gasteiger partial charge on any atom is 0.509 e. The van der Waals surface area contributed by atoms with Crippen LogP contribution in [-0.4, -0.2) is 52.0 Å². The fraction of sp³-hybridized carbons (Fsp3) is 0.800. The van der Waals surface area contributed by atoms with Gasteiger partial charge in [0, 0.05) is 0 Å². The topological polar surface area (TPSA) is 226 Å². The molecule has 22 heavy (non-hydrogen) atoms. The molecule has 0 radical (unpaired) electrons. The van der Waals surface area contributed by atoms with Crippen LogP contribution in [0.3, 0.4) is 0 Å². The van der Waals surface area contributed by atoms with Crippen LogP contribution in [0, 0.1) is 20.8 Å². The molecular weight excluding hydrogens is 330 g/mol. The molecule has 15 nitrogen and oxygen atoms in total. The van der Waals surface area contributed by atoms with E-state index < -0.39 is 52.1 Å². The third-order valence-electron chi connectivity index (χ3n) is 2.13. The summed E-state index contributed by atoms with van der Waals surface area (Å²) >= 11 is 0. The summed E-state index contributed by atoms with van der Waals surface area (Å²) in [5, 5.41) is 64.7. The van der Waals surface area contributed by atoms with Gasteiger partial charge in [-0.1, -0.05) is 0 Å². The molecule has 0 amide bonds. The maximum absolute atomic E-state index is 13.3. The van der Waals surface area contributed by atoms with E-state index in [-0.39, 0.29) is 0 Å². The molecule has 0 aliphatic heterocycles. The minimum atomic E-state index is -4.02. The van der Waals surface area contributed by atoms with Crippen LogP contribution in [-0.2, 0) is 9.47 Å². The molecular formula is C5H12F2N4O11. The number of rotatable bonds is 8. The first-order chi connectivity index (χ1) is 9.87. The van der Waals surface area contributed by atoms with Crippen molar-refractivity contribution in [3.63, 3.8) is 0 Å². The first-order valence-corrected chi connectivity index (χ1v) is 4.99. The van der Waals surface area contributed by atoms with Crippen molar-refractivity contribution in [1.82, 2.24) is 0 Å². The molecule has 0 rings (SSSR count). The third kappa shape index (κ3) is 4.84. The van der Waals surface area contributed by atoms with Crippen LogP contribution in [0.1, 0.15) is 0 Å². The van der Waals surface area contributed by atoms with Gasteiger partial charge in [-0.05, 0) is 0 Å². The van der Waals surface area contributed by atoms with Crippen LogP contribution in [0.25, 0.3) is 0 Å². The normalized spacial score (nSPS) is 22.6. The van der Waals surface area contributed by atoms with Gasteiger partial charge in [-0.15, -0.1) is 29.7 Å². The summed E-state index contributed by atoms with van der Waals surface area (Å²) < 4.78 is 34.1. The second-order valence-corrected chi connectivity index (χ2v) is 3.65. The summed E-state index contributed by atoms with van der Waals surface area (Å²) in [6.07, 6.45) is -2.07. The van der Waals surface area contributed by atoms with E-state index in [2.05, 4.69) is 9.47 Å². The van der Waals surface area contributed by atoms with E-state index in [0.717, 1.165) is 0 Å². The number of nitrogens with one attached hydrogen (secondary N) is 4. The Kier molecular flexibility index (Phi) is 7.30. The van der Waals surface area contributed by atoms with Crippen molar-refractivity contribution in [2.75, 3.05) is 13.2 Å². The van der Waals surface area contributed by atoms with Gasteiger partial charge in [0.05, 0.1) is 0 Å². The quantitative estimate of drug-likeness (QED) is 0.0894. The van der Waals surface area contributed by atoms with Gasteiger partial charge in [-0.2, -0.15) is 0 Å². The second-order valence-electron chi connectivity index (χ2n) is 3.65. The SMILES string of the molecule is O=C(OCC(F)([NH+]([O-])O)[NH+]([O-])O)OCC(F)([NH+]([O-])O)[NH+]([O-])O. The number of hydrogen-bond donors (Lipinski definition) is 8. The summed E-state index contributed by atoms with van der Waals surface area (Å²) in [6, 6.07) is 0. The summed E-state index contributed by atoms with van der Waals surface area (Å²) in [4.78, 5) is 10.9. The van der Waals surface area contributed by atoms with Crippen molar-refractivity contribution >= 4 is 6.16 Å². The van der Waals surface area contributed by atoms with Crippen molar-refractivity contribution in [3.05, 3.63) is 20.8 Å². The molecule has 0 aliphatic rings. The molecule has 4 atom stereocenters. The van der Waals surface area contributed by atoms with Gasteiger partial charge in [0.2, 0.25) is 13.2 Å². The molecule has 0 aromatic carbocycles. The smallest absolute Gasteiger partial charge is 0.509 e. The van der Waals surface area contributed by atoms with Gasteiger partial charge >= 0.3 is 18.0 Å². The molecule has 0 heterocycles. The molecule has 0 aromatic rings. The Bertz CT molecular complexity index is 320. The number of ether oxygens (including phenoxy) is 2. The summed E-state index contributed by atoms with van der Waals surface area (Å²) in [5.74, 6) is -8.04. The Morgan fingerprint density at radius 1 is 0.818 bits per heavy atom. The molecule has 0 aliphatic carbocycles. The van der Waals surface area contributed by atoms with Crippen molar-refractivity contribution in [1.29, 1.82) is 0 Å². The molecule has 0 spiro atoms. The van der Waals surface area contributed by atoms with E-state index in [9.17, 15) is 34.4 Å². The van der Waals surface area contributed by atoms with Gasteiger partial charge in [-0.3, -0.25) is 0 Å². The number of carbonyl (C=O) groups excluding carboxylic acids is 1. The fourth-order valence-electron chi connectivity index (χ4n) is 0.788. The average Bonchev–Trinajstić information content (AvgIpc) is 2.40. The number of carbonyl (C=O) groups is 1. The molecule has 0 aromatic heterocycles. The predicted molar refractivity (Wildman–Crippen MR) is 49.4 cm³/mol. The molecule has 0 bridgehead atoms. The minimum Gasteiger partial charge on any atom is -0.593 e. The Balaban J connectivity index is 4.59. The lowest BCUT2D eigenvalue weighted by Gasteiger charge is -2.33. The Labute approximate surface area is 118 Å². The standard InChI is InChI=1S/C5H12F2N4O11/c6-4(8(13)14,9(15)16)1-21-3(12)22-2-5(7,10(17)18)11(19)20/h8-11,13,15,17,19H,1-2H2. The van der Waals surface area contributed by atoms with Gasteiger partial charge in [0.15, 0.2) is 0 Å². The lowest BCUT2D eigenvalue weighted by molar-refractivity contribution is -1.29. The zero-order chi connectivity index (χ0) is 17.7. The van der Waals surface area contributed by atoms with Gasteiger partial charge in [0.1, 0.15) is 0 Å². The molecule has 0 saturated heterocycles. The van der Waals surface area contributed by atoms with Gasteiger partial charge < -0.3 is 30.3 Å². The van der Waals surface area contributed by atoms with E-state index in [0.29, 0.717) is 0 Å². The average molecular weight is 342 g/mol. The van der Waals surface area contributed by atoms with Crippen molar-refractivity contribution < 1.29 is 64.8 Å². The molecule has 8 N–H and O–H groups in total. The van der Waals surface area contributed by atoms with E-state index >= 15 is 0 Å². The van der Waals surface area contributed by atoms with Crippen LogP contribution in [0.2, 0.25) is 0 Å². The predicted octanol–water partition coefficient (Wildman–Crippen LogP) is -6.53. The Morgan fingerprint density at radius 3 is 1.23 bits per heavy atom. The summed E-state index contributed by atoms with van der Waals surface area (Å²) in [5.41, 5.74) is 0. The Hall–Kier alpha value is -1.35. The van der Waals surface area contributed by atoms with Crippen molar-refractivity contribution in [2.24, 2.45) is 0 Å². The zero-order valence-electron chi connectivity index (χ0n) is 10.3. The lowest BCUT2D eigenvalue weighted by atomic mass is 10.5. The second kappa shape index (κ2) is 7.77. The molecule has 0 fully saturated rings. The number of hydrogen-bond acceptors (Lipinski definition) is 11. The molecule has 0 saturated carbocycles. The van der Waals surface area contributed by atoms with E-state index in [1.165, 1.54) is 0 Å². The van der Waals surface area contributed by atoms with Crippen molar-refractivity contribution in [2.45, 2.75) is 11.8 Å². The van der Waals surface area contributed by atoms with Crippen LogP contribution in [0.15, 0.2) is 0 Å². The highest BCUT2D eigenvalue weighted by molar-refractivity contribution is 5.59. The highest BCUT2D eigenvalue weighted by atomic mass is 19.2. The maximum atomic E-state index is 13.3. The molecule has 4 unspecified atom stereocenters. The minimum absolute atomic E-state index is 1.88. The van der Waals surface area contributed by atoms with E-state index in [1.807, 2.05) is 0 Å². The first kappa shape index (κ1) is 20.6. The van der Waals surface area contributed by atoms with Gasteiger partial charge in [0.25, 0.3) is 0 Å². The van der Waals surface area contributed by atoms with Gasteiger partial charge in [-0.25, -0.2) is 25.6 Å². The van der Waals surface area contributed by atoms with E-state index in [1.54, 1.807) is 0 Å². The van der Waals surface area contributed by atoms with Crippen LogP contribution in [0.5, 0.6) is 0 Å². The van der Waals surface area contributed by atoms with Crippen LogP contribution < -0.4 is 20.9 Å². The lowest BCUT2D eigenvalue weighted by Crippen LogP contribution is -3.36. The third-order valence-corrected chi connectivity index (χ3v) is 2.13. The molecule has 132 valence electrons. The number of hydroxylamine groups is 8. The first-order valence-electron chi connectivity index (χ1n) is 4.99. The van der Waals surface area contributed by atoms with Crippen LogP contribution in [0.4, 0.5) is 13.6 Å². The molecule has 17 heteroatoms. The summed E-state index contributed by atoms with van der Waals surface area (Å²) in [6.45, 7) is -3.76. The van der Waals surface area contributed by atoms with Crippen molar-refractivity contribution in [3.8, 4) is 0 Å². The zero-order valence-corrected chi connectivity index (χ0v) is 10.3. The van der Waals surface area contributed by atoms with Crippen LogP contribution >= 0.6 is 0 Å². The number of halogens is 2. The highest BCUT2D eigenvalue weighted by Crippen LogP contribution is 1.98. The Morgan fingerprint density at radius 2 is 1.05 bits per heavy atom. The largest absolute Gasteiger partial charge is 0.593 e. The monoisotopic (exact) mass is 342 g/mol.